The van der Waals surface area contributed by atoms with Crippen LogP contribution in [0.15, 0.2) is 18.2 Å². The van der Waals surface area contributed by atoms with Crippen molar-refractivity contribution in [3.8, 4) is 5.75 Å². The Hall–Kier alpha value is -1.30. The van der Waals surface area contributed by atoms with Gasteiger partial charge in [-0.1, -0.05) is 12.1 Å². The summed E-state index contributed by atoms with van der Waals surface area (Å²) >= 11 is 0. The Bertz CT molecular complexity index is 350. The molecule has 0 bridgehead atoms. The van der Waals surface area contributed by atoms with Gasteiger partial charge in [0.25, 0.3) is 0 Å². The van der Waals surface area contributed by atoms with Gasteiger partial charge >= 0.3 is 6.18 Å². The number of alkyl halides is 3. The Morgan fingerprint density at radius 3 is 2.40 bits per heavy atom. The van der Waals surface area contributed by atoms with Crippen molar-refractivity contribution in [3.05, 3.63) is 29.6 Å². The third-order valence-electron chi connectivity index (χ3n) is 1.89. The fourth-order valence-electron chi connectivity index (χ4n) is 1.16. The molecule has 0 aliphatic carbocycles. The Balaban J connectivity index is 3.20. The SMILES string of the molecule is COc1c(F)cccc1[C@H](N)C(F)(F)F. The van der Waals surface area contributed by atoms with Gasteiger partial charge in [0.05, 0.1) is 7.11 Å². The molecule has 6 heteroatoms. The second-order valence-corrected chi connectivity index (χ2v) is 2.88. The molecule has 0 saturated carbocycles. The number of halogens is 4. The van der Waals surface area contributed by atoms with Crippen LogP contribution in [0.1, 0.15) is 11.6 Å². The summed E-state index contributed by atoms with van der Waals surface area (Å²) in [6.07, 6.45) is -4.62. The van der Waals surface area contributed by atoms with Crippen molar-refractivity contribution >= 4 is 0 Å². The van der Waals surface area contributed by atoms with E-state index >= 15 is 0 Å². The van der Waals surface area contributed by atoms with E-state index in [0.717, 1.165) is 25.3 Å². The Labute approximate surface area is 83.6 Å². The molecule has 1 aromatic carbocycles. The third kappa shape index (κ3) is 2.38. The minimum Gasteiger partial charge on any atom is -0.493 e. The molecule has 2 N–H and O–H groups in total. The molecule has 0 aliphatic heterocycles. The number of methoxy groups -OCH3 is 1. The van der Waals surface area contributed by atoms with Crippen LogP contribution in [0.2, 0.25) is 0 Å². The number of hydrogen-bond donors (Lipinski definition) is 1. The molecule has 1 aromatic rings. The average Bonchev–Trinajstić information content (AvgIpc) is 2.14. The van der Waals surface area contributed by atoms with Gasteiger partial charge in [0.2, 0.25) is 0 Å². The lowest BCUT2D eigenvalue weighted by molar-refractivity contribution is -0.149. The lowest BCUT2D eigenvalue weighted by Crippen LogP contribution is -2.29. The second kappa shape index (κ2) is 4.06. The number of benzene rings is 1. The molecule has 0 amide bonds. The molecule has 1 rings (SSSR count). The largest absolute Gasteiger partial charge is 0.493 e. The molecule has 0 aliphatic rings. The lowest BCUT2D eigenvalue weighted by atomic mass is 10.1. The minimum atomic E-state index is -4.62. The molecule has 2 nitrogen and oxygen atoms in total. The van der Waals surface area contributed by atoms with Gasteiger partial charge in [-0.15, -0.1) is 0 Å². The zero-order valence-electron chi connectivity index (χ0n) is 7.81. The fraction of sp³-hybridized carbons (Fsp3) is 0.333. The number of ether oxygens (including phenoxy) is 1. The summed E-state index contributed by atoms with van der Waals surface area (Å²) in [6.45, 7) is 0. The monoisotopic (exact) mass is 223 g/mol. The van der Waals surface area contributed by atoms with E-state index in [0.29, 0.717) is 0 Å². The first kappa shape index (κ1) is 11.8. The van der Waals surface area contributed by atoms with Crippen LogP contribution >= 0.6 is 0 Å². The first-order valence-electron chi connectivity index (χ1n) is 4.02. The second-order valence-electron chi connectivity index (χ2n) is 2.88. The number of hydrogen-bond acceptors (Lipinski definition) is 2. The third-order valence-corrected chi connectivity index (χ3v) is 1.89. The van der Waals surface area contributed by atoms with Crippen molar-refractivity contribution in [2.45, 2.75) is 12.2 Å². The standard InChI is InChI=1S/C9H9F4NO/c1-15-7-5(3-2-4-6(7)10)8(14)9(11,12)13/h2-4,8H,14H2,1H3/t8-/m0/s1. The van der Waals surface area contributed by atoms with Gasteiger partial charge in [0.1, 0.15) is 6.04 Å². The Morgan fingerprint density at radius 1 is 1.33 bits per heavy atom. The zero-order chi connectivity index (χ0) is 11.6. The van der Waals surface area contributed by atoms with Crippen LogP contribution in [0.25, 0.3) is 0 Å². The average molecular weight is 223 g/mol. The summed E-state index contributed by atoms with van der Waals surface area (Å²) in [7, 11) is 1.09. The van der Waals surface area contributed by atoms with E-state index < -0.39 is 29.3 Å². The summed E-state index contributed by atoms with van der Waals surface area (Å²) in [5.74, 6) is -1.34. The van der Waals surface area contributed by atoms with Crippen molar-refractivity contribution in [2.75, 3.05) is 7.11 Å². The van der Waals surface area contributed by atoms with Gasteiger partial charge in [0.15, 0.2) is 11.6 Å². The molecule has 0 unspecified atom stereocenters. The molecular weight excluding hydrogens is 214 g/mol. The van der Waals surface area contributed by atoms with Crippen LogP contribution in [0.4, 0.5) is 17.6 Å². The molecule has 84 valence electrons. The molecule has 0 radical (unpaired) electrons. The van der Waals surface area contributed by atoms with E-state index in [1.54, 1.807) is 0 Å². The molecule has 1 atom stereocenters. The highest BCUT2D eigenvalue weighted by molar-refractivity contribution is 5.37. The summed E-state index contributed by atoms with van der Waals surface area (Å²) in [5.41, 5.74) is 4.53. The summed E-state index contributed by atoms with van der Waals surface area (Å²) < 4.78 is 54.4. The molecule has 15 heavy (non-hydrogen) atoms. The number of para-hydroxylation sites is 1. The normalized spacial score (nSPS) is 13.7. The Kier molecular flexibility index (Phi) is 3.18. The van der Waals surface area contributed by atoms with E-state index in [1.807, 2.05) is 0 Å². The van der Waals surface area contributed by atoms with E-state index in [1.165, 1.54) is 0 Å². The molecule has 0 spiro atoms. The van der Waals surface area contributed by atoms with Crippen LogP contribution in [0.3, 0.4) is 0 Å². The van der Waals surface area contributed by atoms with Crippen LogP contribution in [0, 0.1) is 5.82 Å². The van der Waals surface area contributed by atoms with Gasteiger partial charge in [-0.2, -0.15) is 13.2 Å². The van der Waals surface area contributed by atoms with E-state index in [2.05, 4.69) is 4.74 Å². The van der Waals surface area contributed by atoms with Crippen LogP contribution in [-0.2, 0) is 0 Å². The first-order valence-corrected chi connectivity index (χ1v) is 4.02. The predicted octanol–water partition coefficient (Wildman–Crippen LogP) is 2.40. The smallest absolute Gasteiger partial charge is 0.407 e. The predicted molar refractivity (Wildman–Crippen MR) is 45.9 cm³/mol. The van der Waals surface area contributed by atoms with Crippen molar-refractivity contribution in [3.63, 3.8) is 0 Å². The summed E-state index contributed by atoms with van der Waals surface area (Å²) in [6, 6.07) is 0.993. The maximum atomic E-state index is 13.1. The van der Waals surface area contributed by atoms with Gasteiger partial charge in [0, 0.05) is 5.56 Å². The number of rotatable bonds is 2. The highest BCUT2D eigenvalue weighted by Crippen LogP contribution is 2.36. The highest BCUT2D eigenvalue weighted by Gasteiger charge is 2.39. The van der Waals surface area contributed by atoms with Gasteiger partial charge in [-0.05, 0) is 6.07 Å². The van der Waals surface area contributed by atoms with Crippen LogP contribution in [0.5, 0.6) is 5.75 Å². The van der Waals surface area contributed by atoms with E-state index in [4.69, 9.17) is 5.73 Å². The lowest BCUT2D eigenvalue weighted by Gasteiger charge is -2.18. The maximum absolute atomic E-state index is 13.1. The molecule has 0 fully saturated rings. The summed E-state index contributed by atoms with van der Waals surface area (Å²) in [5, 5.41) is 0. The van der Waals surface area contributed by atoms with Crippen LogP contribution < -0.4 is 10.5 Å². The quantitative estimate of drug-likeness (QED) is 0.781. The van der Waals surface area contributed by atoms with Crippen molar-refractivity contribution in [1.82, 2.24) is 0 Å². The highest BCUT2D eigenvalue weighted by atomic mass is 19.4. The van der Waals surface area contributed by atoms with Crippen molar-refractivity contribution < 1.29 is 22.3 Å². The van der Waals surface area contributed by atoms with Gasteiger partial charge in [-0.3, -0.25) is 0 Å². The Morgan fingerprint density at radius 2 is 1.93 bits per heavy atom. The molecule has 0 saturated heterocycles. The van der Waals surface area contributed by atoms with Crippen molar-refractivity contribution in [1.29, 1.82) is 0 Å². The van der Waals surface area contributed by atoms with Crippen molar-refractivity contribution in [2.24, 2.45) is 5.73 Å². The zero-order valence-corrected chi connectivity index (χ0v) is 7.81. The first-order chi connectivity index (χ1) is 6.88. The van der Waals surface area contributed by atoms with Crippen LogP contribution in [-0.4, -0.2) is 13.3 Å². The summed E-state index contributed by atoms with van der Waals surface area (Å²) in [4.78, 5) is 0. The fourth-order valence-corrected chi connectivity index (χ4v) is 1.16. The molecular formula is C9H9F4NO. The van der Waals surface area contributed by atoms with Gasteiger partial charge < -0.3 is 10.5 Å². The topological polar surface area (TPSA) is 35.2 Å². The minimum absolute atomic E-state index is 0.412. The van der Waals surface area contributed by atoms with E-state index in [-0.39, 0.29) is 0 Å². The van der Waals surface area contributed by atoms with Gasteiger partial charge in [-0.25, -0.2) is 4.39 Å². The molecule has 0 heterocycles. The number of nitrogens with two attached hydrogens (primary N) is 1. The maximum Gasteiger partial charge on any atom is 0.407 e. The molecule has 0 aromatic heterocycles. The van der Waals surface area contributed by atoms with E-state index in [9.17, 15) is 17.6 Å².